The zero-order valence-corrected chi connectivity index (χ0v) is 8.45. The summed E-state index contributed by atoms with van der Waals surface area (Å²) in [5.41, 5.74) is 0. The first-order valence-electron chi connectivity index (χ1n) is 5.22. The average Bonchev–Trinajstić information content (AvgIpc) is 2.49. The zero-order valence-electron chi connectivity index (χ0n) is 8.45. The maximum Gasteiger partial charge on any atom is 0.133 e. The van der Waals surface area contributed by atoms with Crippen molar-refractivity contribution in [3.8, 4) is 0 Å². The molecule has 0 N–H and O–H groups in total. The highest BCUT2D eigenvalue weighted by Crippen LogP contribution is 2.19. The first-order chi connectivity index (χ1) is 6.31. The molecule has 0 aromatic carbocycles. The highest BCUT2D eigenvalue weighted by molar-refractivity contribution is 4.99. The molecule has 0 saturated carbocycles. The molecular formula is C10H17N3. The smallest absolute Gasteiger partial charge is 0.133 e. The van der Waals surface area contributed by atoms with Crippen LogP contribution in [0.2, 0.25) is 0 Å². The van der Waals surface area contributed by atoms with Crippen molar-refractivity contribution < 1.29 is 0 Å². The van der Waals surface area contributed by atoms with E-state index in [-0.39, 0.29) is 0 Å². The Morgan fingerprint density at radius 2 is 2.31 bits per heavy atom. The first-order valence-corrected chi connectivity index (χ1v) is 5.22. The number of hydrogen-bond donors (Lipinski definition) is 0. The molecule has 3 heteroatoms. The van der Waals surface area contributed by atoms with Crippen LogP contribution in [0.3, 0.4) is 0 Å². The van der Waals surface area contributed by atoms with Crippen LogP contribution in [0.4, 0.5) is 0 Å². The fraction of sp³-hybridized carbons (Fsp3) is 0.800. The maximum atomic E-state index is 4.23. The summed E-state index contributed by atoms with van der Waals surface area (Å²) in [6, 6.07) is 0. The quantitative estimate of drug-likeness (QED) is 0.693. The van der Waals surface area contributed by atoms with Gasteiger partial charge in [0.2, 0.25) is 0 Å². The summed E-state index contributed by atoms with van der Waals surface area (Å²) >= 11 is 0. The predicted octanol–water partition coefficient (Wildman–Crippen LogP) is 1.81. The van der Waals surface area contributed by atoms with E-state index in [1.807, 2.05) is 0 Å². The third-order valence-corrected chi connectivity index (χ3v) is 2.73. The van der Waals surface area contributed by atoms with Crippen molar-refractivity contribution >= 4 is 0 Å². The van der Waals surface area contributed by atoms with Gasteiger partial charge in [0.15, 0.2) is 0 Å². The Bertz CT molecular complexity index is 290. The summed E-state index contributed by atoms with van der Waals surface area (Å²) in [4.78, 5) is 0. The van der Waals surface area contributed by atoms with Gasteiger partial charge in [-0.2, -0.15) is 0 Å². The van der Waals surface area contributed by atoms with Gasteiger partial charge in [0.25, 0.3) is 0 Å². The molecule has 0 bridgehead atoms. The number of fused-ring (bicyclic) bond motifs is 1. The number of aryl methyl sites for hydroxylation is 2. The Hall–Kier alpha value is -0.860. The third-order valence-electron chi connectivity index (χ3n) is 2.73. The Balaban J connectivity index is 2.25. The minimum atomic E-state index is 0.791. The van der Waals surface area contributed by atoms with Gasteiger partial charge in [0.1, 0.15) is 11.6 Å². The number of hydrogen-bond acceptors (Lipinski definition) is 2. The Kier molecular flexibility index (Phi) is 2.34. The van der Waals surface area contributed by atoms with Crippen molar-refractivity contribution in [3.05, 3.63) is 11.6 Å². The standard InChI is InChI=1S/C10H17N3/c1-3-4-9-11-12-10-6-5-8(2)7-13(9)10/h8H,3-7H2,1-2H3. The summed E-state index contributed by atoms with van der Waals surface area (Å²) in [6.45, 7) is 5.62. The van der Waals surface area contributed by atoms with E-state index in [2.05, 4.69) is 28.6 Å². The van der Waals surface area contributed by atoms with Crippen LogP contribution < -0.4 is 0 Å². The van der Waals surface area contributed by atoms with Crippen LogP contribution in [0.25, 0.3) is 0 Å². The van der Waals surface area contributed by atoms with Crippen molar-refractivity contribution in [2.45, 2.75) is 46.1 Å². The Morgan fingerprint density at radius 3 is 3.08 bits per heavy atom. The molecule has 1 aliphatic rings. The van der Waals surface area contributed by atoms with Crippen LogP contribution in [-0.4, -0.2) is 14.8 Å². The van der Waals surface area contributed by atoms with Crippen LogP contribution in [0.5, 0.6) is 0 Å². The molecule has 0 spiro atoms. The number of nitrogens with zero attached hydrogens (tertiary/aromatic N) is 3. The van der Waals surface area contributed by atoms with Gasteiger partial charge in [-0.25, -0.2) is 0 Å². The molecule has 13 heavy (non-hydrogen) atoms. The number of rotatable bonds is 2. The topological polar surface area (TPSA) is 30.7 Å². The third kappa shape index (κ3) is 1.60. The summed E-state index contributed by atoms with van der Waals surface area (Å²) < 4.78 is 2.32. The second kappa shape index (κ2) is 3.48. The van der Waals surface area contributed by atoms with Gasteiger partial charge in [0.05, 0.1) is 0 Å². The lowest BCUT2D eigenvalue weighted by Gasteiger charge is -2.20. The average molecular weight is 179 g/mol. The first kappa shape index (κ1) is 8.73. The van der Waals surface area contributed by atoms with Crippen LogP contribution in [0.15, 0.2) is 0 Å². The zero-order chi connectivity index (χ0) is 9.26. The Morgan fingerprint density at radius 1 is 1.46 bits per heavy atom. The lowest BCUT2D eigenvalue weighted by Crippen LogP contribution is -2.19. The van der Waals surface area contributed by atoms with Gasteiger partial charge in [-0.1, -0.05) is 13.8 Å². The van der Waals surface area contributed by atoms with Crippen LogP contribution in [0, 0.1) is 5.92 Å². The molecule has 0 saturated heterocycles. The SMILES string of the molecule is CCCc1nnc2n1CC(C)CC2. The number of aromatic nitrogens is 3. The lowest BCUT2D eigenvalue weighted by molar-refractivity contribution is 0.386. The van der Waals surface area contributed by atoms with Crippen LogP contribution >= 0.6 is 0 Å². The van der Waals surface area contributed by atoms with Crippen molar-refractivity contribution in [2.75, 3.05) is 0 Å². The van der Waals surface area contributed by atoms with E-state index in [1.165, 1.54) is 18.1 Å². The molecule has 0 amide bonds. The van der Waals surface area contributed by atoms with Gasteiger partial charge in [0, 0.05) is 19.4 Å². The van der Waals surface area contributed by atoms with E-state index in [4.69, 9.17) is 0 Å². The van der Waals surface area contributed by atoms with E-state index in [1.54, 1.807) is 0 Å². The molecule has 72 valence electrons. The molecule has 0 radical (unpaired) electrons. The van der Waals surface area contributed by atoms with E-state index in [9.17, 15) is 0 Å². The Labute approximate surface area is 79.2 Å². The lowest BCUT2D eigenvalue weighted by atomic mass is 10.0. The van der Waals surface area contributed by atoms with Crippen molar-refractivity contribution in [3.63, 3.8) is 0 Å². The second-order valence-corrected chi connectivity index (χ2v) is 4.04. The fourth-order valence-electron chi connectivity index (χ4n) is 1.96. The van der Waals surface area contributed by atoms with Gasteiger partial charge >= 0.3 is 0 Å². The minimum Gasteiger partial charge on any atom is -0.315 e. The summed E-state index contributed by atoms with van der Waals surface area (Å²) in [6.07, 6.45) is 4.61. The molecule has 1 aromatic heterocycles. The van der Waals surface area contributed by atoms with Crippen LogP contribution in [0.1, 0.15) is 38.3 Å². The molecule has 2 heterocycles. The minimum absolute atomic E-state index is 0.791. The fourth-order valence-corrected chi connectivity index (χ4v) is 1.96. The van der Waals surface area contributed by atoms with E-state index in [0.29, 0.717) is 0 Å². The van der Waals surface area contributed by atoms with Crippen molar-refractivity contribution in [1.82, 2.24) is 14.8 Å². The molecule has 2 rings (SSSR count). The molecule has 1 aliphatic heterocycles. The predicted molar refractivity (Wildman–Crippen MR) is 51.5 cm³/mol. The van der Waals surface area contributed by atoms with Crippen molar-refractivity contribution in [2.24, 2.45) is 5.92 Å². The van der Waals surface area contributed by atoms with Crippen LogP contribution in [-0.2, 0) is 19.4 Å². The molecule has 1 unspecified atom stereocenters. The summed E-state index contributed by atoms with van der Waals surface area (Å²) in [5, 5.41) is 8.46. The molecule has 0 aliphatic carbocycles. The largest absolute Gasteiger partial charge is 0.315 e. The highest BCUT2D eigenvalue weighted by atomic mass is 15.3. The van der Waals surface area contributed by atoms with Crippen molar-refractivity contribution in [1.29, 1.82) is 0 Å². The molecule has 1 atom stereocenters. The summed E-state index contributed by atoms with van der Waals surface area (Å²) in [7, 11) is 0. The normalized spacial score (nSPS) is 21.5. The molecule has 3 nitrogen and oxygen atoms in total. The van der Waals surface area contributed by atoms with Gasteiger partial charge < -0.3 is 4.57 Å². The molecular weight excluding hydrogens is 162 g/mol. The van der Waals surface area contributed by atoms with Gasteiger partial charge in [-0.05, 0) is 18.8 Å². The monoisotopic (exact) mass is 179 g/mol. The second-order valence-electron chi connectivity index (χ2n) is 4.04. The highest BCUT2D eigenvalue weighted by Gasteiger charge is 2.19. The molecule has 1 aromatic rings. The van der Waals surface area contributed by atoms with Gasteiger partial charge in [-0.3, -0.25) is 0 Å². The van der Waals surface area contributed by atoms with E-state index >= 15 is 0 Å². The molecule has 0 fully saturated rings. The summed E-state index contributed by atoms with van der Waals surface area (Å²) in [5.74, 6) is 3.17. The maximum absolute atomic E-state index is 4.23. The van der Waals surface area contributed by atoms with E-state index in [0.717, 1.165) is 31.7 Å². The van der Waals surface area contributed by atoms with Gasteiger partial charge in [-0.15, -0.1) is 10.2 Å². The van der Waals surface area contributed by atoms with E-state index < -0.39 is 0 Å².